The summed E-state index contributed by atoms with van der Waals surface area (Å²) in [5, 5.41) is 0. The number of rotatable bonds is 4. The van der Waals surface area contributed by atoms with Gasteiger partial charge in [-0.05, 0) is 30.7 Å². The highest BCUT2D eigenvalue weighted by molar-refractivity contribution is 9.10. The molecule has 0 amide bonds. The van der Waals surface area contributed by atoms with Gasteiger partial charge in [-0.1, -0.05) is 34.1 Å². The molecule has 0 aromatic heterocycles. The van der Waals surface area contributed by atoms with Crippen LogP contribution in [0, 0.1) is 17.5 Å². The fraction of sp³-hybridized carbons (Fsp3) is 0.143. The summed E-state index contributed by atoms with van der Waals surface area (Å²) in [6, 6.07) is 7.41. The Labute approximate surface area is 134 Å². The minimum absolute atomic E-state index is 0.566. The minimum atomic E-state index is -4.35. The summed E-state index contributed by atoms with van der Waals surface area (Å²) in [6.45, 7) is 1.55. The first-order valence-corrected chi connectivity index (χ1v) is 8.42. The van der Waals surface area contributed by atoms with Crippen molar-refractivity contribution in [3.05, 3.63) is 63.9 Å². The molecule has 0 radical (unpaired) electrons. The monoisotopic (exact) mass is 393 g/mol. The molecule has 0 bridgehead atoms. The second-order valence-electron chi connectivity index (χ2n) is 4.54. The van der Waals surface area contributed by atoms with E-state index in [1.54, 1.807) is 31.2 Å². The maximum atomic E-state index is 13.6. The van der Waals surface area contributed by atoms with Gasteiger partial charge in [0, 0.05) is 10.5 Å². The summed E-state index contributed by atoms with van der Waals surface area (Å²) in [6.07, 6.45) is 0. The predicted molar refractivity (Wildman–Crippen MR) is 79.2 cm³/mol. The van der Waals surface area contributed by atoms with Gasteiger partial charge in [-0.2, -0.15) is 0 Å². The molecule has 2 rings (SSSR count). The molecule has 0 heterocycles. The van der Waals surface area contributed by atoms with Gasteiger partial charge in [-0.15, -0.1) is 0 Å². The lowest BCUT2D eigenvalue weighted by Gasteiger charge is -2.16. The summed E-state index contributed by atoms with van der Waals surface area (Å²) in [5.41, 5.74) is 0.620. The highest BCUT2D eigenvalue weighted by Gasteiger charge is 2.26. The van der Waals surface area contributed by atoms with Crippen molar-refractivity contribution in [1.82, 2.24) is 4.72 Å². The van der Waals surface area contributed by atoms with Crippen LogP contribution >= 0.6 is 15.9 Å². The summed E-state index contributed by atoms with van der Waals surface area (Å²) in [5.74, 6) is -5.02. The molecule has 22 heavy (non-hydrogen) atoms. The van der Waals surface area contributed by atoms with Crippen molar-refractivity contribution < 1.29 is 21.6 Å². The molecule has 0 fully saturated rings. The van der Waals surface area contributed by atoms with Gasteiger partial charge in [0.1, 0.15) is 4.90 Å². The Balaban J connectivity index is 2.37. The van der Waals surface area contributed by atoms with E-state index in [-0.39, 0.29) is 0 Å². The Kier molecular flexibility index (Phi) is 4.93. The molecule has 0 saturated heterocycles. The van der Waals surface area contributed by atoms with Gasteiger partial charge in [0.15, 0.2) is 17.5 Å². The molecule has 0 aliphatic heterocycles. The third kappa shape index (κ3) is 3.34. The van der Waals surface area contributed by atoms with Crippen LogP contribution in [0.4, 0.5) is 13.2 Å². The van der Waals surface area contributed by atoms with Crippen LogP contribution in [0.25, 0.3) is 0 Å². The van der Waals surface area contributed by atoms with Gasteiger partial charge >= 0.3 is 0 Å². The van der Waals surface area contributed by atoms with Crippen LogP contribution in [-0.2, 0) is 10.0 Å². The zero-order valence-electron chi connectivity index (χ0n) is 11.3. The number of hydrogen-bond acceptors (Lipinski definition) is 2. The fourth-order valence-corrected chi connectivity index (χ4v) is 3.82. The van der Waals surface area contributed by atoms with E-state index in [2.05, 4.69) is 20.7 Å². The summed E-state index contributed by atoms with van der Waals surface area (Å²) >= 11 is 3.28. The second kappa shape index (κ2) is 6.39. The number of halogens is 4. The standard InChI is InChI=1S/C14H11BrF3NO2S/c1-8(9-4-2-3-5-10(9)15)19-22(20,21)12-7-6-11(16)13(17)14(12)18/h2-8,19H,1H3/t8-/m0/s1. The Morgan fingerprint density at radius 3 is 2.32 bits per heavy atom. The molecule has 0 spiro atoms. The molecule has 0 unspecified atom stereocenters. The number of hydrogen-bond donors (Lipinski definition) is 1. The molecule has 0 aliphatic rings. The molecule has 2 aromatic carbocycles. The van der Waals surface area contributed by atoms with Crippen molar-refractivity contribution in [2.45, 2.75) is 17.9 Å². The van der Waals surface area contributed by atoms with E-state index in [0.717, 1.165) is 0 Å². The lowest BCUT2D eigenvalue weighted by molar-refractivity contribution is 0.431. The van der Waals surface area contributed by atoms with Crippen molar-refractivity contribution in [3.8, 4) is 0 Å². The Bertz CT molecular complexity index is 812. The van der Waals surface area contributed by atoms with E-state index < -0.39 is 38.4 Å². The molecule has 0 aliphatic carbocycles. The van der Waals surface area contributed by atoms with Crippen molar-refractivity contribution in [2.75, 3.05) is 0 Å². The van der Waals surface area contributed by atoms with Crippen molar-refractivity contribution >= 4 is 26.0 Å². The average Bonchev–Trinajstić information content (AvgIpc) is 2.44. The lowest BCUT2D eigenvalue weighted by atomic mass is 10.1. The zero-order chi connectivity index (χ0) is 16.5. The Morgan fingerprint density at radius 1 is 1.05 bits per heavy atom. The molecule has 3 nitrogen and oxygen atoms in total. The fourth-order valence-electron chi connectivity index (χ4n) is 1.90. The largest absolute Gasteiger partial charge is 0.244 e. The summed E-state index contributed by atoms with van der Waals surface area (Å²) < 4.78 is 66.9. The van der Waals surface area contributed by atoms with Gasteiger partial charge < -0.3 is 0 Å². The van der Waals surface area contributed by atoms with Crippen LogP contribution in [0.3, 0.4) is 0 Å². The minimum Gasteiger partial charge on any atom is -0.207 e. The zero-order valence-corrected chi connectivity index (χ0v) is 13.7. The Morgan fingerprint density at radius 2 is 1.68 bits per heavy atom. The number of sulfonamides is 1. The van der Waals surface area contributed by atoms with Crippen LogP contribution in [0.15, 0.2) is 45.8 Å². The van der Waals surface area contributed by atoms with Crippen LogP contribution in [0.5, 0.6) is 0 Å². The van der Waals surface area contributed by atoms with Gasteiger partial charge in [0.2, 0.25) is 10.0 Å². The summed E-state index contributed by atoms with van der Waals surface area (Å²) in [7, 11) is -4.35. The van der Waals surface area contributed by atoms with E-state index in [4.69, 9.17) is 0 Å². The summed E-state index contributed by atoms with van der Waals surface area (Å²) in [4.78, 5) is -0.940. The topological polar surface area (TPSA) is 46.2 Å². The van der Waals surface area contributed by atoms with Gasteiger partial charge in [0.05, 0.1) is 0 Å². The first kappa shape index (κ1) is 17.0. The quantitative estimate of drug-likeness (QED) is 0.800. The highest BCUT2D eigenvalue weighted by atomic mass is 79.9. The third-order valence-corrected chi connectivity index (χ3v) is 5.27. The molecule has 0 saturated carbocycles. The van der Waals surface area contributed by atoms with E-state index in [9.17, 15) is 21.6 Å². The number of nitrogens with one attached hydrogen (secondary N) is 1. The third-order valence-electron chi connectivity index (χ3n) is 2.99. The molecular formula is C14H11BrF3NO2S. The van der Waals surface area contributed by atoms with E-state index in [1.165, 1.54) is 0 Å². The molecule has 118 valence electrons. The molecule has 1 N–H and O–H groups in total. The highest BCUT2D eigenvalue weighted by Crippen LogP contribution is 2.26. The molecule has 8 heteroatoms. The first-order chi connectivity index (χ1) is 10.2. The van der Waals surface area contributed by atoms with Crippen LogP contribution < -0.4 is 4.72 Å². The van der Waals surface area contributed by atoms with Crippen LogP contribution in [0.2, 0.25) is 0 Å². The maximum Gasteiger partial charge on any atom is 0.244 e. The van der Waals surface area contributed by atoms with Crippen molar-refractivity contribution in [3.63, 3.8) is 0 Å². The predicted octanol–water partition coefficient (Wildman–Crippen LogP) is 3.91. The second-order valence-corrected chi connectivity index (χ2v) is 7.07. The van der Waals surface area contributed by atoms with Crippen LogP contribution in [-0.4, -0.2) is 8.42 Å². The Hall–Kier alpha value is -1.38. The first-order valence-electron chi connectivity index (χ1n) is 6.14. The van der Waals surface area contributed by atoms with Crippen molar-refractivity contribution in [2.24, 2.45) is 0 Å². The number of benzene rings is 2. The van der Waals surface area contributed by atoms with Crippen LogP contribution in [0.1, 0.15) is 18.5 Å². The normalized spacial score (nSPS) is 13.1. The van der Waals surface area contributed by atoms with Gasteiger partial charge in [-0.25, -0.2) is 26.3 Å². The van der Waals surface area contributed by atoms with E-state index in [1.807, 2.05) is 0 Å². The van der Waals surface area contributed by atoms with Crippen molar-refractivity contribution in [1.29, 1.82) is 0 Å². The smallest absolute Gasteiger partial charge is 0.207 e. The van der Waals surface area contributed by atoms with Gasteiger partial charge in [0.25, 0.3) is 0 Å². The SMILES string of the molecule is C[C@H](NS(=O)(=O)c1ccc(F)c(F)c1F)c1ccccc1Br. The van der Waals surface area contributed by atoms with Gasteiger partial charge in [-0.3, -0.25) is 0 Å². The molecular weight excluding hydrogens is 383 g/mol. The molecule has 2 aromatic rings. The lowest BCUT2D eigenvalue weighted by Crippen LogP contribution is -2.28. The van der Waals surface area contributed by atoms with E-state index in [0.29, 0.717) is 22.2 Å². The average molecular weight is 394 g/mol. The maximum absolute atomic E-state index is 13.6. The molecule has 1 atom stereocenters. The van der Waals surface area contributed by atoms with E-state index >= 15 is 0 Å².